The molecule has 1 heterocycles. The molecule has 3 rings (SSSR count). The highest BCUT2D eigenvalue weighted by Gasteiger charge is 2.30. The number of benzene rings is 1. The Bertz CT molecular complexity index is 473. The van der Waals surface area contributed by atoms with Crippen LogP contribution in [-0.2, 0) is 17.8 Å². The lowest BCUT2D eigenvalue weighted by molar-refractivity contribution is 0.0341. The van der Waals surface area contributed by atoms with E-state index in [2.05, 4.69) is 17.0 Å². The number of hydrogen-bond acceptors (Lipinski definition) is 3. The summed E-state index contributed by atoms with van der Waals surface area (Å²) < 4.78 is 30.8. The number of rotatable bonds is 7. The van der Waals surface area contributed by atoms with Crippen LogP contribution in [0.4, 0.5) is 8.78 Å². The molecule has 3 nitrogen and oxygen atoms in total. The van der Waals surface area contributed by atoms with Gasteiger partial charge in [0.15, 0.2) is 0 Å². The largest absolute Gasteiger partial charge is 0.379 e. The summed E-state index contributed by atoms with van der Waals surface area (Å²) in [7, 11) is 0. The number of hydrogen-bond donors (Lipinski definition) is 0. The van der Waals surface area contributed by atoms with Crippen LogP contribution in [0.3, 0.4) is 0 Å². The first kappa shape index (κ1) is 15.8. The fourth-order valence-corrected chi connectivity index (χ4v) is 3.04. The predicted molar refractivity (Wildman–Crippen MR) is 82.0 cm³/mol. The summed E-state index contributed by atoms with van der Waals surface area (Å²) in [6, 6.07) is 8.73. The molecule has 0 N–H and O–H groups in total. The standard InChI is InChI=1S/C17H24F2N2O/c18-17(19)13-21(16-4-5-16)12-15-3-1-2-14(10-15)11-20-6-8-22-9-7-20/h1-3,10,16-17H,4-9,11-13H2. The number of ether oxygens (including phenoxy) is 1. The van der Waals surface area contributed by atoms with E-state index in [1.807, 2.05) is 17.0 Å². The van der Waals surface area contributed by atoms with Crippen LogP contribution in [-0.4, -0.2) is 55.1 Å². The summed E-state index contributed by atoms with van der Waals surface area (Å²) in [5.41, 5.74) is 2.39. The van der Waals surface area contributed by atoms with Crippen LogP contribution < -0.4 is 0 Å². The molecule has 122 valence electrons. The van der Waals surface area contributed by atoms with Gasteiger partial charge in [0, 0.05) is 32.2 Å². The van der Waals surface area contributed by atoms with Crippen LogP contribution in [0.25, 0.3) is 0 Å². The molecule has 0 aromatic heterocycles. The van der Waals surface area contributed by atoms with Gasteiger partial charge < -0.3 is 4.74 Å². The van der Waals surface area contributed by atoms with Crippen molar-refractivity contribution in [1.82, 2.24) is 9.80 Å². The summed E-state index contributed by atoms with van der Waals surface area (Å²) >= 11 is 0. The van der Waals surface area contributed by atoms with Crippen molar-refractivity contribution < 1.29 is 13.5 Å². The number of morpholine rings is 1. The summed E-state index contributed by atoms with van der Waals surface area (Å²) in [6.45, 7) is 4.94. The molecule has 0 amide bonds. The minimum atomic E-state index is -2.25. The van der Waals surface area contributed by atoms with Crippen LogP contribution in [0.2, 0.25) is 0 Å². The molecule has 1 aliphatic carbocycles. The van der Waals surface area contributed by atoms with E-state index in [0.29, 0.717) is 12.6 Å². The van der Waals surface area contributed by atoms with Gasteiger partial charge >= 0.3 is 0 Å². The monoisotopic (exact) mass is 310 g/mol. The van der Waals surface area contributed by atoms with Crippen molar-refractivity contribution in [2.24, 2.45) is 0 Å². The highest BCUT2D eigenvalue weighted by Crippen LogP contribution is 2.29. The molecule has 1 aliphatic heterocycles. The lowest BCUT2D eigenvalue weighted by Gasteiger charge is -2.27. The molecule has 22 heavy (non-hydrogen) atoms. The quantitative estimate of drug-likeness (QED) is 0.770. The third kappa shape index (κ3) is 4.73. The highest BCUT2D eigenvalue weighted by molar-refractivity contribution is 5.23. The highest BCUT2D eigenvalue weighted by atomic mass is 19.3. The van der Waals surface area contributed by atoms with Gasteiger partial charge in [0.05, 0.1) is 19.8 Å². The Hall–Kier alpha value is -1.04. The van der Waals surface area contributed by atoms with Gasteiger partial charge in [-0.1, -0.05) is 24.3 Å². The van der Waals surface area contributed by atoms with Crippen LogP contribution in [0.1, 0.15) is 24.0 Å². The minimum Gasteiger partial charge on any atom is -0.379 e. The Morgan fingerprint density at radius 2 is 1.91 bits per heavy atom. The summed E-state index contributed by atoms with van der Waals surface area (Å²) in [5, 5.41) is 0. The molecule has 0 unspecified atom stereocenters. The van der Waals surface area contributed by atoms with Crippen LogP contribution >= 0.6 is 0 Å². The number of alkyl halides is 2. The molecule has 1 aromatic rings. The van der Waals surface area contributed by atoms with E-state index in [4.69, 9.17) is 4.74 Å². The lowest BCUT2D eigenvalue weighted by Crippen LogP contribution is -2.35. The van der Waals surface area contributed by atoms with Crippen molar-refractivity contribution in [1.29, 1.82) is 0 Å². The fraction of sp³-hybridized carbons (Fsp3) is 0.647. The van der Waals surface area contributed by atoms with E-state index in [0.717, 1.165) is 51.3 Å². The van der Waals surface area contributed by atoms with Gasteiger partial charge in [0.25, 0.3) is 6.43 Å². The fourth-order valence-electron chi connectivity index (χ4n) is 3.04. The summed E-state index contributed by atoms with van der Waals surface area (Å²) in [4.78, 5) is 4.30. The molecule has 5 heteroatoms. The normalized spacial score (nSPS) is 20.0. The van der Waals surface area contributed by atoms with E-state index in [-0.39, 0.29) is 6.54 Å². The smallest absolute Gasteiger partial charge is 0.251 e. The lowest BCUT2D eigenvalue weighted by atomic mass is 10.1. The maximum Gasteiger partial charge on any atom is 0.251 e. The molecule has 2 aliphatic rings. The molecular weight excluding hydrogens is 286 g/mol. The number of nitrogens with zero attached hydrogens (tertiary/aromatic N) is 2. The second kappa shape index (κ2) is 7.49. The van der Waals surface area contributed by atoms with Crippen LogP contribution in [0.15, 0.2) is 24.3 Å². The van der Waals surface area contributed by atoms with Crippen molar-refractivity contribution in [3.63, 3.8) is 0 Å². The number of halogens is 2. The van der Waals surface area contributed by atoms with Crippen molar-refractivity contribution in [2.45, 2.75) is 38.4 Å². The van der Waals surface area contributed by atoms with E-state index < -0.39 is 6.43 Å². The Morgan fingerprint density at radius 3 is 2.59 bits per heavy atom. The van der Waals surface area contributed by atoms with Crippen molar-refractivity contribution in [3.05, 3.63) is 35.4 Å². The van der Waals surface area contributed by atoms with Gasteiger partial charge in [-0.2, -0.15) is 0 Å². The molecule has 0 spiro atoms. The third-order valence-electron chi connectivity index (χ3n) is 4.32. The zero-order valence-corrected chi connectivity index (χ0v) is 12.9. The van der Waals surface area contributed by atoms with Crippen molar-refractivity contribution in [2.75, 3.05) is 32.8 Å². The molecule has 2 fully saturated rings. The maximum atomic E-state index is 12.7. The van der Waals surface area contributed by atoms with Crippen molar-refractivity contribution >= 4 is 0 Å². The van der Waals surface area contributed by atoms with Crippen LogP contribution in [0.5, 0.6) is 0 Å². The average molecular weight is 310 g/mol. The molecule has 0 atom stereocenters. The van der Waals surface area contributed by atoms with Gasteiger partial charge in [-0.25, -0.2) is 8.78 Å². The third-order valence-corrected chi connectivity index (χ3v) is 4.32. The Kier molecular flexibility index (Phi) is 5.39. The second-order valence-corrected chi connectivity index (χ2v) is 6.26. The van der Waals surface area contributed by atoms with Gasteiger partial charge in [0.1, 0.15) is 0 Å². The van der Waals surface area contributed by atoms with Crippen molar-refractivity contribution in [3.8, 4) is 0 Å². The van der Waals surface area contributed by atoms with E-state index in [1.165, 1.54) is 5.56 Å². The minimum absolute atomic E-state index is 0.113. The Balaban J connectivity index is 1.59. The second-order valence-electron chi connectivity index (χ2n) is 6.26. The zero-order chi connectivity index (χ0) is 15.4. The molecule has 0 radical (unpaired) electrons. The van der Waals surface area contributed by atoms with E-state index in [1.54, 1.807) is 0 Å². The first-order valence-electron chi connectivity index (χ1n) is 8.11. The average Bonchev–Trinajstić information content (AvgIpc) is 3.32. The first-order valence-corrected chi connectivity index (χ1v) is 8.11. The predicted octanol–water partition coefficient (Wildman–Crippen LogP) is 2.75. The zero-order valence-electron chi connectivity index (χ0n) is 12.9. The first-order chi connectivity index (χ1) is 10.7. The van der Waals surface area contributed by atoms with E-state index in [9.17, 15) is 8.78 Å². The summed E-state index contributed by atoms with van der Waals surface area (Å²) in [6.07, 6.45) is -0.141. The SMILES string of the molecule is FC(F)CN(Cc1cccc(CN2CCOCC2)c1)C1CC1. The van der Waals surface area contributed by atoms with Gasteiger partial charge in [0.2, 0.25) is 0 Å². The maximum absolute atomic E-state index is 12.7. The molecule has 1 saturated heterocycles. The van der Waals surface area contributed by atoms with Crippen LogP contribution in [0, 0.1) is 0 Å². The molecule has 1 aromatic carbocycles. The van der Waals surface area contributed by atoms with Gasteiger partial charge in [-0.05, 0) is 24.0 Å². The topological polar surface area (TPSA) is 15.7 Å². The molecular formula is C17H24F2N2O. The molecule has 1 saturated carbocycles. The van der Waals surface area contributed by atoms with Gasteiger partial charge in [-0.3, -0.25) is 9.80 Å². The Labute approximate surface area is 130 Å². The summed E-state index contributed by atoms with van der Waals surface area (Å²) in [5.74, 6) is 0. The molecule has 0 bridgehead atoms. The van der Waals surface area contributed by atoms with E-state index >= 15 is 0 Å². The van der Waals surface area contributed by atoms with Gasteiger partial charge in [-0.15, -0.1) is 0 Å². The Morgan fingerprint density at radius 1 is 1.18 bits per heavy atom.